The number of nitrogens with one attached hydrogen (secondary N) is 1. The van der Waals surface area contributed by atoms with Crippen LogP contribution in [0.15, 0.2) is 21.6 Å². The Hall–Kier alpha value is -2.09. The van der Waals surface area contributed by atoms with Gasteiger partial charge in [-0.3, -0.25) is 0 Å². The van der Waals surface area contributed by atoms with Crippen molar-refractivity contribution in [1.82, 2.24) is 5.16 Å². The topological polar surface area (TPSA) is 98.2 Å². The van der Waals surface area contributed by atoms with E-state index in [9.17, 15) is 12.8 Å². The Morgan fingerprint density at radius 2 is 1.95 bits per heavy atom. The molecule has 108 valence electrons. The first-order valence-electron chi connectivity index (χ1n) is 5.73. The maximum absolute atomic E-state index is 13.4. The quantitative estimate of drug-likeness (QED) is 0.846. The maximum atomic E-state index is 13.4. The van der Waals surface area contributed by atoms with E-state index in [4.69, 9.17) is 10.3 Å². The monoisotopic (exact) mass is 299 g/mol. The van der Waals surface area contributed by atoms with E-state index < -0.39 is 15.8 Å². The summed E-state index contributed by atoms with van der Waals surface area (Å²) in [7, 11) is -3.91. The van der Waals surface area contributed by atoms with Crippen molar-refractivity contribution in [1.29, 1.82) is 0 Å². The highest BCUT2D eigenvalue weighted by atomic mass is 32.2. The van der Waals surface area contributed by atoms with Crippen molar-refractivity contribution in [2.24, 2.45) is 0 Å². The minimum absolute atomic E-state index is 0.0306. The summed E-state index contributed by atoms with van der Waals surface area (Å²) >= 11 is 0. The highest BCUT2D eigenvalue weighted by molar-refractivity contribution is 7.92. The molecule has 0 aliphatic heterocycles. The summed E-state index contributed by atoms with van der Waals surface area (Å²) < 4.78 is 45.0. The summed E-state index contributed by atoms with van der Waals surface area (Å²) in [5.41, 5.74) is 6.53. The van der Waals surface area contributed by atoms with Gasteiger partial charge in [-0.05, 0) is 38.5 Å². The molecule has 0 spiro atoms. The lowest BCUT2D eigenvalue weighted by atomic mass is 10.2. The van der Waals surface area contributed by atoms with E-state index in [2.05, 4.69) is 9.88 Å². The molecule has 0 amide bonds. The number of sulfonamides is 1. The number of nitrogen functional groups attached to an aromatic ring is 1. The second-order valence-corrected chi connectivity index (χ2v) is 6.15. The first-order valence-corrected chi connectivity index (χ1v) is 7.22. The van der Waals surface area contributed by atoms with Crippen LogP contribution in [0.1, 0.15) is 16.8 Å². The number of nitrogens with two attached hydrogens (primary N) is 1. The van der Waals surface area contributed by atoms with E-state index in [1.807, 2.05) is 0 Å². The van der Waals surface area contributed by atoms with Gasteiger partial charge in [0.1, 0.15) is 5.82 Å². The van der Waals surface area contributed by atoms with E-state index >= 15 is 0 Å². The second kappa shape index (κ2) is 4.78. The minimum atomic E-state index is -3.91. The summed E-state index contributed by atoms with van der Waals surface area (Å²) in [6.45, 7) is 4.80. The Morgan fingerprint density at radius 1 is 1.30 bits per heavy atom. The lowest BCUT2D eigenvalue weighted by Gasteiger charge is -2.08. The van der Waals surface area contributed by atoms with Crippen LogP contribution in [0.3, 0.4) is 0 Å². The number of anilines is 2. The number of aromatic nitrogens is 1. The molecule has 0 bridgehead atoms. The molecule has 1 aromatic heterocycles. The van der Waals surface area contributed by atoms with Gasteiger partial charge in [-0.1, -0.05) is 5.16 Å². The van der Waals surface area contributed by atoms with Crippen molar-refractivity contribution in [3.8, 4) is 0 Å². The van der Waals surface area contributed by atoms with Crippen molar-refractivity contribution in [2.75, 3.05) is 10.5 Å². The van der Waals surface area contributed by atoms with Crippen LogP contribution in [-0.2, 0) is 10.0 Å². The molecule has 0 aliphatic carbocycles. The molecular formula is C12H14FN3O3S. The molecule has 2 aromatic rings. The number of hydrogen-bond acceptors (Lipinski definition) is 5. The summed E-state index contributed by atoms with van der Waals surface area (Å²) in [5, 5.41) is 3.66. The molecule has 0 aliphatic rings. The van der Waals surface area contributed by atoms with Gasteiger partial charge in [-0.15, -0.1) is 0 Å². The van der Waals surface area contributed by atoms with Gasteiger partial charge in [-0.2, -0.15) is 0 Å². The van der Waals surface area contributed by atoms with Gasteiger partial charge in [0.2, 0.25) is 5.88 Å². The Balaban J connectivity index is 2.43. The summed E-state index contributed by atoms with van der Waals surface area (Å²) in [5.74, 6) is -0.598. The van der Waals surface area contributed by atoms with Crippen LogP contribution in [0.2, 0.25) is 0 Å². The van der Waals surface area contributed by atoms with E-state index in [1.165, 1.54) is 13.0 Å². The minimum Gasteiger partial charge on any atom is -0.396 e. The average Bonchev–Trinajstić information content (AvgIpc) is 2.67. The van der Waals surface area contributed by atoms with Gasteiger partial charge in [-0.25, -0.2) is 17.5 Å². The molecule has 6 nitrogen and oxygen atoms in total. The molecule has 1 aromatic carbocycles. The van der Waals surface area contributed by atoms with Crippen LogP contribution in [-0.4, -0.2) is 13.6 Å². The zero-order valence-electron chi connectivity index (χ0n) is 11.2. The summed E-state index contributed by atoms with van der Waals surface area (Å²) in [4.78, 5) is -0.137. The van der Waals surface area contributed by atoms with Crippen LogP contribution in [0.5, 0.6) is 0 Å². The Labute approximate surface area is 115 Å². The lowest BCUT2D eigenvalue weighted by molar-refractivity contribution is 0.430. The van der Waals surface area contributed by atoms with Gasteiger partial charge in [0.05, 0.1) is 16.3 Å². The van der Waals surface area contributed by atoms with Crippen molar-refractivity contribution < 1.29 is 17.3 Å². The number of rotatable bonds is 3. The van der Waals surface area contributed by atoms with E-state index in [0.29, 0.717) is 11.3 Å². The van der Waals surface area contributed by atoms with Crippen molar-refractivity contribution in [3.05, 3.63) is 34.8 Å². The number of halogens is 1. The standard InChI is InChI=1S/C12H14FN3O3S/c1-6-4-9(5-10(14)11(6)13)20(17,18)16-12-7(2)8(3)15-19-12/h4-5,16H,14H2,1-3H3. The normalized spacial score (nSPS) is 11.6. The third-order valence-electron chi connectivity index (χ3n) is 2.95. The van der Waals surface area contributed by atoms with Crippen LogP contribution < -0.4 is 10.5 Å². The van der Waals surface area contributed by atoms with E-state index in [0.717, 1.165) is 6.07 Å². The van der Waals surface area contributed by atoms with Crippen LogP contribution in [0, 0.1) is 26.6 Å². The van der Waals surface area contributed by atoms with Crippen LogP contribution in [0.4, 0.5) is 16.0 Å². The van der Waals surface area contributed by atoms with Gasteiger partial charge < -0.3 is 10.3 Å². The molecule has 0 radical (unpaired) electrons. The predicted molar refractivity (Wildman–Crippen MR) is 72.3 cm³/mol. The third-order valence-corrected chi connectivity index (χ3v) is 4.26. The Bertz CT molecular complexity index is 745. The fraction of sp³-hybridized carbons (Fsp3) is 0.250. The van der Waals surface area contributed by atoms with Gasteiger partial charge in [0, 0.05) is 5.56 Å². The van der Waals surface area contributed by atoms with Gasteiger partial charge in [0.25, 0.3) is 10.0 Å². The average molecular weight is 299 g/mol. The summed E-state index contributed by atoms with van der Waals surface area (Å²) in [6, 6.07) is 2.26. The first kappa shape index (κ1) is 14.3. The highest BCUT2D eigenvalue weighted by Gasteiger charge is 2.21. The molecule has 0 atom stereocenters. The molecule has 0 fully saturated rings. The number of aryl methyl sites for hydroxylation is 2. The summed E-state index contributed by atoms with van der Waals surface area (Å²) in [6.07, 6.45) is 0. The molecule has 2 rings (SSSR count). The largest absolute Gasteiger partial charge is 0.396 e. The van der Waals surface area contributed by atoms with E-state index in [-0.39, 0.29) is 22.0 Å². The number of nitrogens with zero attached hydrogens (tertiary/aromatic N) is 1. The smallest absolute Gasteiger partial charge is 0.264 e. The number of benzene rings is 1. The molecule has 3 N–H and O–H groups in total. The SMILES string of the molecule is Cc1cc(S(=O)(=O)Nc2onc(C)c2C)cc(N)c1F. The molecule has 8 heteroatoms. The Morgan fingerprint density at radius 3 is 2.45 bits per heavy atom. The molecule has 0 saturated carbocycles. The molecular weight excluding hydrogens is 285 g/mol. The Kier molecular flexibility index (Phi) is 3.43. The fourth-order valence-electron chi connectivity index (χ4n) is 1.61. The maximum Gasteiger partial charge on any atom is 0.264 e. The van der Waals surface area contributed by atoms with Crippen molar-refractivity contribution in [2.45, 2.75) is 25.7 Å². The van der Waals surface area contributed by atoms with Gasteiger partial charge in [0.15, 0.2) is 0 Å². The van der Waals surface area contributed by atoms with Crippen LogP contribution >= 0.6 is 0 Å². The van der Waals surface area contributed by atoms with Crippen LogP contribution in [0.25, 0.3) is 0 Å². The molecule has 20 heavy (non-hydrogen) atoms. The second-order valence-electron chi connectivity index (χ2n) is 4.47. The van der Waals surface area contributed by atoms with Gasteiger partial charge >= 0.3 is 0 Å². The molecule has 0 unspecified atom stereocenters. The zero-order valence-corrected chi connectivity index (χ0v) is 12.0. The molecule has 0 saturated heterocycles. The number of hydrogen-bond donors (Lipinski definition) is 2. The highest BCUT2D eigenvalue weighted by Crippen LogP contribution is 2.25. The third kappa shape index (κ3) is 2.46. The van der Waals surface area contributed by atoms with E-state index in [1.54, 1.807) is 13.8 Å². The van der Waals surface area contributed by atoms with Crippen molar-refractivity contribution >= 4 is 21.6 Å². The predicted octanol–water partition coefficient (Wildman–Crippen LogP) is 2.12. The zero-order chi connectivity index (χ0) is 15.1. The first-order chi connectivity index (χ1) is 9.22. The van der Waals surface area contributed by atoms with Crippen molar-refractivity contribution in [3.63, 3.8) is 0 Å². The molecule has 1 heterocycles. The fourth-order valence-corrected chi connectivity index (χ4v) is 2.78. The lowest BCUT2D eigenvalue weighted by Crippen LogP contribution is -2.14.